The van der Waals surface area contributed by atoms with Gasteiger partial charge in [-0.3, -0.25) is 0 Å². The van der Waals surface area contributed by atoms with Gasteiger partial charge < -0.3 is 14.3 Å². The number of ether oxygens (including phenoxy) is 2. The second kappa shape index (κ2) is 8.46. The van der Waals surface area contributed by atoms with Gasteiger partial charge in [0.2, 0.25) is 0 Å². The van der Waals surface area contributed by atoms with Gasteiger partial charge in [0.1, 0.15) is 11.4 Å². The Labute approximate surface area is 146 Å². The summed E-state index contributed by atoms with van der Waals surface area (Å²) in [6.45, 7) is 7.91. The molecule has 0 aliphatic carbocycles. The molecule has 0 spiro atoms. The molecule has 0 unspecified atom stereocenters. The molecule has 7 nitrogen and oxygen atoms in total. The molecule has 1 N–H and O–H groups in total. The first-order chi connectivity index (χ1) is 11.6. The van der Waals surface area contributed by atoms with Gasteiger partial charge in [-0.2, -0.15) is 5.01 Å². The van der Waals surface area contributed by atoms with E-state index in [1.165, 1.54) is 19.1 Å². The number of carbonyl (C=O) groups is 3. The number of aldehydes is 1. The van der Waals surface area contributed by atoms with E-state index in [-0.39, 0.29) is 5.56 Å². The van der Waals surface area contributed by atoms with Gasteiger partial charge in [-0.05, 0) is 52.3 Å². The van der Waals surface area contributed by atoms with E-state index in [9.17, 15) is 18.8 Å². The lowest BCUT2D eigenvalue weighted by Gasteiger charge is -2.36. The van der Waals surface area contributed by atoms with Gasteiger partial charge in [-0.1, -0.05) is 12.1 Å². The third kappa shape index (κ3) is 5.44. The highest BCUT2D eigenvalue weighted by molar-refractivity contribution is 5.80. The summed E-state index contributed by atoms with van der Waals surface area (Å²) >= 11 is 0. The SMILES string of the molecule is CC(C)OC(=O)NN(C(=O)OC(C)C)[C@@](C)(C=O)c1ccc(F)cc1. The van der Waals surface area contributed by atoms with Crippen LogP contribution in [0, 0.1) is 5.82 Å². The summed E-state index contributed by atoms with van der Waals surface area (Å²) in [5.74, 6) is -0.500. The molecule has 138 valence electrons. The van der Waals surface area contributed by atoms with Crippen molar-refractivity contribution in [3.8, 4) is 0 Å². The van der Waals surface area contributed by atoms with E-state index in [1.807, 2.05) is 0 Å². The van der Waals surface area contributed by atoms with Crippen LogP contribution >= 0.6 is 0 Å². The highest BCUT2D eigenvalue weighted by Gasteiger charge is 2.40. The Morgan fingerprint density at radius 2 is 1.64 bits per heavy atom. The minimum atomic E-state index is -1.63. The molecule has 0 saturated heterocycles. The van der Waals surface area contributed by atoms with Gasteiger partial charge in [-0.15, -0.1) is 0 Å². The van der Waals surface area contributed by atoms with Crippen LogP contribution in [0.3, 0.4) is 0 Å². The third-order valence-corrected chi connectivity index (χ3v) is 3.19. The molecule has 25 heavy (non-hydrogen) atoms. The van der Waals surface area contributed by atoms with Gasteiger partial charge in [0, 0.05) is 0 Å². The molecule has 1 rings (SSSR count). The van der Waals surface area contributed by atoms with Crippen LogP contribution in [-0.4, -0.2) is 35.7 Å². The van der Waals surface area contributed by atoms with Crippen molar-refractivity contribution in [2.75, 3.05) is 0 Å². The maximum atomic E-state index is 13.2. The van der Waals surface area contributed by atoms with Crippen molar-refractivity contribution in [3.63, 3.8) is 0 Å². The molecular formula is C17H23FN2O5. The Balaban J connectivity index is 3.25. The Kier molecular flexibility index (Phi) is 6.90. The highest BCUT2D eigenvalue weighted by atomic mass is 19.1. The van der Waals surface area contributed by atoms with Crippen LogP contribution < -0.4 is 5.43 Å². The Hall–Kier alpha value is -2.64. The summed E-state index contributed by atoms with van der Waals surface area (Å²) in [6, 6.07) is 4.98. The van der Waals surface area contributed by atoms with Gasteiger partial charge >= 0.3 is 12.2 Å². The largest absolute Gasteiger partial charge is 0.446 e. The van der Waals surface area contributed by atoms with Crippen LogP contribution in [0.15, 0.2) is 24.3 Å². The predicted octanol–water partition coefficient (Wildman–Crippen LogP) is 3.14. The molecule has 1 aromatic rings. The molecule has 0 bridgehead atoms. The number of nitrogens with zero attached hydrogens (tertiary/aromatic N) is 1. The Morgan fingerprint density at radius 1 is 1.12 bits per heavy atom. The zero-order valence-electron chi connectivity index (χ0n) is 14.9. The third-order valence-electron chi connectivity index (χ3n) is 3.19. The molecule has 1 atom stereocenters. The average molecular weight is 354 g/mol. The number of hydrazine groups is 1. The van der Waals surface area contributed by atoms with Crippen LogP contribution in [0.4, 0.5) is 14.0 Å². The molecule has 0 fully saturated rings. The zero-order chi connectivity index (χ0) is 19.2. The van der Waals surface area contributed by atoms with Crippen molar-refractivity contribution >= 4 is 18.5 Å². The molecule has 0 saturated carbocycles. The highest BCUT2D eigenvalue weighted by Crippen LogP contribution is 2.26. The summed E-state index contributed by atoms with van der Waals surface area (Å²) < 4.78 is 23.2. The zero-order valence-corrected chi connectivity index (χ0v) is 14.9. The number of carbonyl (C=O) groups excluding carboxylic acids is 3. The van der Waals surface area contributed by atoms with Crippen LogP contribution in [0.1, 0.15) is 40.2 Å². The van der Waals surface area contributed by atoms with Crippen molar-refractivity contribution in [1.29, 1.82) is 0 Å². The first-order valence-corrected chi connectivity index (χ1v) is 7.80. The van der Waals surface area contributed by atoms with Gasteiger partial charge in [0.05, 0.1) is 12.2 Å². The number of hydrogen-bond acceptors (Lipinski definition) is 5. The van der Waals surface area contributed by atoms with Crippen molar-refractivity contribution < 1.29 is 28.2 Å². The minimum Gasteiger partial charge on any atom is -0.446 e. The lowest BCUT2D eigenvalue weighted by atomic mass is 9.93. The fourth-order valence-corrected chi connectivity index (χ4v) is 1.97. The molecule has 8 heteroatoms. The van der Waals surface area contributed by atoms with Crippen molar-refractivity contribution in [2.45, 2.75) is 52.4 Å². The Morgan fingerprint density at radius 3 is 2.08 bits per heavy atom. The molecule has 0 aliphatic heterocycles. The standard InChI is InChI=1S/C17H23FN2O5/c1-11(2)24-15(22)19-20(16(23)25-12(3)4)17(5,10-21)13-6-8-14(18)9-7-13/h6-12H,1-5H3,(H,19,22)/t17-/m0/s1. The monoisotopic (exact) mass is 354 g/mol. The van der Waals surface area contributed by atoms with E-state index in [2.05, 4.69) is 5.43 Å². The van der Waals surface area contributed by atoms with Crippen molar-refractivity contribution in [2.24, 2.45) is 0 Å². The number of hydrogen-bond donors (Lipinski definition) is 1. The van der Waals surface area contributed by atoms with E-state index >= 15 is 0 Å². The lowest BCUT2D eigenvalue weighted by molar-refractivity contribution is -0.119. The lowest BCUT2D eigenvalue weighted by Crippen LogP contribution is -2.58. The summed E-state index contributed by atoms with van der Waals surface area (Å²) in [5, 5.41) is 0.734. The summed E-state index contributed by atoms with van der Waals surface area (Å²) in [7, 11) is 0. The van der Waals surface area contributed by atoms with E-state index in [1.54, 1.807) is 27.7 Å². The number of nitrogens with one attached hydrogen (secondary N) is 1. The first-order valence-electron chi connectivity index (χ1n) is 7.80. The number of amides is 2. The van der Waals surface area contributed by atoms with Crippen LogP contribution in [0.25, 0.3) is 0 Å². The fraction of sp³-hybridized carbons (Fsp3) is 0.471. The predicted molar refractivity (Wildman–Crippen MR) is 88.0 cm³/mol. The molecule has 0 heterocycles. The molecular weight excluding hydrogens is 331 g/mol. The second-order valence-electron chi connectivity index (χ2n) is 6.11. The minimum absolute atomic E-state index is 0.287. The second-order valence-corrected chi connectivity index (χ2v) is 6.11. The van der Waals surface area contributed by atoms with Gasteiger partial charge in [0.15, 0.2) is 6.29 Å². The van der Waals surface area contributed by atoms with Gasteiger partial charge in [0.25, 0.3) is 0 Å². The maximum absolute atomic E-state index is 13.2. The van der Waals surface area contributed by atoms with E-state index in [0.717, 1.165) is 17.1 Å². The fourth-order valence-electron chi connectivity index (χ4n) is 1.97. The van der Waals surface area contributed by atoms with Crippen molar-refractivity contribution in [1.82, 2.24) is 10.4 Å². The van der Waals surface area contributed by atoms with Crippen LogP contribution in [0.5, 0.6) is 0 Å². The Bertz CT molecular complexity index is 618. The van der Waals surface area contributed by atoms with E-state index in [0.29, 0.717) is 6.29 Å². The smallest absolute Gasteiger partial charge is 0.430 e. The molecule has 0 radical (unpaired) electrons. The van der Waals surface area contributed by atoms with Crippen LogP contribution in [-0.2, 0) is 19.8 Å². The van der Waals surface area contributed by atoms with Crippen LogP contribution in [0.2, 0.25) is 0 Å². The van der Waals surface area contributed by atoms with E-state index < -0.39 is 35.8 Å². The molecule has 0 aromatic heterocycles. The summed E-state index contributed by atoms with van der Waals surface area (Å²) in [5.41, 5.74) is 0.888. The molecule has 0 aliphatic rings. The number of halogens is 1. The van der Waals surface area contributed by atoms with E-state index in [4.69, 9.17) is 9.47 Å². The van der Waals surface area contributed by atoms with Crippen molar-refractivity contribution in [3.05, 3.63) is 35.6 Å². The average Bonchev–Trinajstić information content (AvgIpc) is 2.51. The topological polar surface area (TPSA) is 84.9 Å². The summed E-state index contributed by atoms with van der Waals surface area (Å²) in [4.78, 5) is 36.2. The molecule has 1 aromatic carbocycles. The maximum Gasteiger partial charge on any atom is 0.430 e. The number of rotatable bonds is 5. The number of benzene rings is 1. The summed E-state index contributed by atoms with van der Waals surface area (Å²) in [6.07, 6.45) is -2.34. The normalized spacial score (nSPS) is 13.1. The first kappa shape index (κ1) is 20.4. The quantitative estimate of drug-likeness (QED) is 0.649. The molecule has 2 amide bonds. The van der Waals surface area contributed by atoms with Gasteiger partial charge in [-0.25, -0.2) is 19.4 Å².